The minimum Gasteiger partial charge on any atom is -0.416 e. The van der Waals surface area contributed by atoms with Crippen molar-refractivity contribution in [2.24, 2.45) is 11.3 Å². The maximum Gasteiger partial charge on any atom is 0.250 e. The lowest BCUT2D eigenvalue weighted by Crippen LogP contribution is -2.55. The largest absolute Gasteiger partial charge is 0.416 e. The standard InChI is InChI=1S/C33H41N7O2S/c1-33-12-16-38(17-13-33)28-19-24(37-43-26-8-9-26)7-10-27(28)31-36-35-30(42-31)22-11-14-34-29(18-22)39-15-3-4-23(20-39)32(41)40(21-33)25-5-2-6-25/h7,10-11,14,18-19,23,25-26,37H,2-6,8-9,12-13,15-17,20-21H2,1H3. The third-order valence-corrected chi connectivity index (χ3v) is 11.4. The highest BCUT2D eigenvalue weighted by atomic mass is 32.2. The second-order valence-electron chi connectivity index (χ2n) is 13.6. The smallest absolute Gasteiger partial charge is 0.250 e. The van der Waals surface area contributed by atoms with Crippen LogP contribution in [0.5, 0.6) is 0 Å². The van der Waals surface area contributed by atoms with Gasteiger partial charge < -0.3 is 23.8 Å². The van der Waals surface area contributed by atoms with Crippen LogP contribution in [0, 0.1) is 11.3 Å². The lowest BCUT2D eigenvalue weighted by molar-refractivity contribution is -0.142. The van der Waals surface area contributed by atoms with Crippen LogP contribution in [0.1, 0.15) is 64.7 Å². The predicted molar refractivity (Wildman–Crippen MR) is 171 cm³/mol. The zero-order valence-corrected chi connectivity index (χ0v) is 25.8. The summed E-state index contributed by atoms with van der Waals surface area (Å²) in [6, 6.07) is 10.9. The van der Waals surface area contributed by atoms with Gasteiger partial charge in [0.15, 0.2) is 0 Å². The molecule has 226 valence electrons. The SMILES string of the molecule is CC12CCN(CC1)c1cc(NSC3CC3)ccc1-c1nnc(o1)-c1ccnc(c1)N1CCCC(C1)C(=O)N(C1CCC1)C2. The van der Waals surface area contributed by atoms with Gasteiger partial charge in [0.05, 0.1) is 17.2 Å². The number of fused-ring (bicyclic) bond motifs is 4. The maximum absolute atomic E-state index is 14.2. The molecule has 1 aromatic carbocycles. The van der Waals surface area contributed by atoms with Gasteiger partial charge >= 0.3 is 0 Å². The molecule has 3 aromatic rings. The highest BCUT2D eigenvalue weighted by molar-refractivity contribution is 8.01. The topological polar surface area (TPSA) is 90.6 Å². The fraction of sp³-hybridized carbons (Fsp3) is 0.576. The van der Waals surface area contributed by atoms with Crippen LogP contribution in [-0.4, -0.2) is 70.0 Å². The van der Waals surface area contributed by atoms with Crippen molar-refractivity contribution in [2.75, 3.05) is 47.2 Å². The second kappa shape index (κ2) is 11.0. The molecule has 2 aromatic heterocycles. The first-order valence-electron chi connectivity index (χ1n) is 16.2. The number of aromatic nitrogens is 3. The van der Waals surface area contributed by atoms with E-state index in [1.807, 2.05) is 30.3 Å². The van der Waals surface area contributed by atoms with E-state index < -0.39 is 0 Å². The second-order valence-corrected chi connectivity index (χ2v) is 14.7. The number of amides is 1. The van der Waals surface area contributed by atoms with E-state index in [0.29, 0.717) is 35.5 Å². The van der Waals surface area contributed by atoms with Gasteiger partial charge in [0.1, 0.15) is 5.82 Å². The van der Waals surface area contributed by atoms with Crippen molar-refractivity contribution in [3.05, 3.63) is 36.5 Å². The van der Waals surface area contributed by atoms with E-state index in [0.717, 1.165) is 93.0 Å². The zero-order chi connectivity index (χ0) is 29.0. The van der Waals surface area contributed by atoms with Gasteiger partial charge in [-0.2, -0.15) is 0 Å². The average molecular weight is 600 g/mol. The summed E-state index contributed by atoms with van der Waals surface area (Å²) in [5.41, 5.74) is 4.14. The first-order valence-corrected chi connectivity index (χ1v) is 17.1. The summed E-state index contributed by atoms with van der Waals surface area (Å²) < 4.78 is 9.95. The molecule has 0 radical (unpaired) electrons. The van der Waals surface area contributed by atoms with Crippen LogP contribution in [0.3, 0.4) is 0 Å². The molecule has 9 nitrogen and oxygen atoms in total. The molecular formula is C33H41N7O2S. The van der Waals surface area contributed by atoms with Crippen LogP contribution >= 0.6 is 11.9 Å². The van der Waals surface area contributed by atoms with E-state index in [2.05, 4.69) is 54.7 Å². The van der Waals surface area contributed by atoms with Crippen molar-refractivity contribution in [1.29, 1.82) is 0 Å². The highest BCUT2D eigenvalue weighted by Gasteiger charge is 2.41. The number of hydrogen-bond donors (Lipinski definition) is 1. The minimum absolute atomic E-state index is 0.00342. The van der Waals surface area contributed by atoms with Gasteiger partial charge in [-0.05, 0) is 105 Å². The summed E-state index contributed by atoms with van der Waals surface area (Å²) in [6.07, 6.45) is 11.9. The van der Waals surface area contributed by atoms with E-state index >= 15 is 0 Å². The molecule has 2 aliphatic carbocycles. The van der Waals surface area contributed by atoms with Crippen LogP contribution in [-0.2, 0) is 4.79 Å². The van der Waals surface area contributed by atoms with Gasteiger partial charge in [-0.15, -0.1) is 10.2 Å². The number of carbonyl (C=O) groups excluding carboxylic acids is 1. The summed E-state index contributed by atoms with van der Waals surface area (Å²) in [4.78, 5) is 26.0. The molecule has 2 saturated carbocycles. The molecule has 10 heteroatoms. The number of rotatable bonds is 4. The third-order valence-electron chi connectivity index (χ3n) is 10.3. The quantitative estimate of drug-likeness (QED) is 0.350. The molecule has 43 heavy (non-hydrogen) atoms. The molecule has 1 N–H and O–H groups in total. The maximum atomic E-state index is 14.2. The number of nitrogens with one attached hydrogen (secondary N) is 1. The molecule has 1 amide bonds. The Morgan fingerprint density at radius 1 is 0.953 bits per heavy atom. The number of piperidine rings is 2. The molecular weight excluding hydrogens is 558 g/mol. The number of benzene rings is 1. The van der Waals surface area contributed by atoms with E-state index in [4.69, 9.17) is 9.40 Å². The van der Waals surface area contributed by atoms with Crippen molar-refractivity contribution in [3.63, 3.8) is 0 Å². The summed E-state index contributed by atoms with van der Waals surface area (Å²) in [7, 11) is 0. The number of nitrogens with zero attached hydrogens (tertiary/aromatic N) is 6. The first kappa shape index (κ1) is 27.3. The summed E-state index contributed by atoms with van der Waals surface area (Å²) in [6.45, 7) is 6.73. The molecule has 4 fully saturated rings. The Hall–Kier alpha value is -3.27. The molecule has 8 bridgehead atoms. The Labute approximate surface area is 257 Å². The normalized spacial score (nSPS) is 26.0. The lowest BCUT2D eigenvalue weighted by Gasteiger charge is -2.48. The Balaban J connectivity index is 1.18. The predicted octanol–water partition coefficient (Wildman–Crippen LogP) is 6.24. The summed E-state index contributed by atoms with van der Waals surface area (Å²) in [5, 5.41) is 9.74. The number of hydrogen-bond acceptors (Lipinski definition) is 9. The molecule has 0 spiro atoms. The fourth-order valence-electron chi connectivity index (χ4n) is 7.11. The Kier molecular flexibility index (Phi) is 6.99. The lowest BCUT2D eigenvalue weighted by atomic mass is 9.77. The number of anilines is 3. The van der Waals surface area contributed by atoms with Gasteiger partial charge in [0.2, 0.25) is 17.7 Å². The molecule has 1 unspecified atom stereocenters. The van der Waals surface area contributed by atoms with Gasteiger partial charge in [-0.1, -0.05) is 6.92 Å². The van der Waals surface area contributed by atoms with Crippen LogP contribution in [0.4, 0.5) is 17.2 Å². The van der Waals surface area contributed by atoms with Crippen molar-refractivity contribution in [2.45, 2.75) is 76.0 Å². The Morgan fingerprint density at radius 3 is 2.58 bits per heavy atom. The van der Waals surface area contributed by atoms with Gasteiger partial charge in [-0.3, -0.25) is 4.79 Å². The molecule has 6 aliphatic rings. The minimum atomic E-state index is 0.00342. The molecule has 9 rings (SSSR count). The first-order chi connectivity index (χ1) is 21.0. The van der Waals surface area contributed by atoms with Crippen molar-refractivity contribution in [1.82, 2.24) is 20.1 Å². The molecule has 4 aliphatic heterocycles. The monoisotopic (exact) mass is 599 g/mol. The Morgan fingerprint density at radius 2 is 1.79 bits per heavy atom. The summed E-state index contributed by atoms with van der Waals surface area (Å²) in [5.74, 6) is 2.26. The van der Waals surface area contributed by atoms with E-state index in [1.165, 1.54) is 19.3 Å². The Bertz CT molecular complexity index is 1490. The van der Waals surface area contributed by atoms with Crippen molar-refractivity contribution < 1.29 is 9.21 Å². The fourth-order valence-corrected chi connectivity index (χ4v) is 7.91. The average Bonchev–Trinajstić information content (AvgIpc) is 3.72. The molecule has 2 saturated heterocycles. The molecule has 1 atom stereocenters. The van der Waals surface area contributed by atoms with Crippen molar-refractivity contribution >= 4 is 35.0 Å². The van der Waals surface area contributed by atoms with E-state index in [-0.39, 0.29) is 11.3 Å². The van der Waals surface area contributed by atoms with E-state index in [1.54, 1.807) is 0 Å². The number of pyridine rings is 1. The number of carbonyl (C=O) groups is 1. The van der Waals surface area contributed by atoms with Gasteiger partial charge in [0.25, 0.3) is 0 Å². The zero-order valence-electron chi connectivity index (χ0n) is 25.0. The van der Waals surface area contributed by atoms with Crippen molar-refractivity contribution in [3.8, 4) is 22.9 Å². The van der Waals surface area contributed by atoms with Gasteiger partial charge in [-0.25, -0.2) is 4.98 Å². The van der Waals surface area contributed by atoms with Crippen LogP contribution in [0.25, 0.3) is 22.9 Å². The van der Waals surface area contributed by atoms with Crippen LogP contribution in [0.15, 0.2) is 40.9 Å². The van der Waals surface area contributed by atoms with Crippen LogP contribution in [0.2, 0.25) is 0 Å². The third kappa shape index (κ3) is 5.47. The molecule has 6 heterocycles. The van der Waals surface area contributed by atoms with E-state index in [9.17, 15) is 4.79 Å². The van der Waals surface area contributed by atoms with Crippen LogP contribution < -0.4 is 14.5 Å². The van der Waals surface area contributed by atoms with Gasteiger partial charge in [0, 0.05) is 61.5 Å². The highest BCUT2D eigenvalue weighted by Crippen LogP contribution is 2.42. The summed E-state index contributed by atoms with van der Waals surface area (Å²) >= 11 is 1.82.